The first-order chi connectivity index (χ1) is 13.6. The quantitative estimate of drug-likeness (QED) is 0.193. The molecule has 2 rings (SSSR count). The number of nitrogens with zero attached hydrogens (tertiary/aromatic N) is 3. The lowest BCUT2D eigenvalue weighted by atomic mass is 10.1. The minimum atomic E-state index is -1.43. The number of esters is 1. The van der Waals surface area contributed by atoms with Crippen molar-refractivity contribution in [3.8, 4) is 0 Å². The van der Waals surface area contributed by atoms with Crippen LogP contribution in [0.5, 0.6) is 0 Å². The largest absolute Gasteiger partial charge is 0.480 e. The molecule has 0 radical (unpaired) electrons. The van der Waals surface area contributed by atoms with E-state index in [9.17, 15) is 24.6 Å². The average molecular weight is 434 g/mol. The summed E-state index contributed by atoms with van der Waals surface area (Å²) < 4.78 is 11.5. The van der Waals surface area contributed by atoms with E-state index in [-0.39, 0.29) is 17.3 Å². The van der Waals surface area contributed by atoms with Gasteiger partial charge >= 0.3 is 11.9 Å². The Hall–Kier alpha value is -2.30. The van der Waals surface area contributed by atoms with Crippen molar-refractivity contribution >= 4 is 29.6 Å². The number of aliphatic hydroxyl groups excluding tert-OH is 2. The molecule has 0 unspecified atom stereocenters. The summed E-state index contributed by atoms with van der Waals surface area (Å²) >= 11 is 1.08. The highest BCUT2D eigenvalue weighted by Crippen LogP contribution is 2.29. The average Bonchev–Trinajstić information content (AvgIpc) is 3.26. The molecule has 6 atom stereocenters. The molecule has 15 heteroatoms. The minimum Gasteiger partial charge on any atom is -0.480 e. The Morgan fingerprint density at radius 1 is 1.24 bits per heavy atom. The first-order valence-corrected chi connectivity index (χ1v) is 9.48. The zero-order chi connectivity index (χ0) is 21.7. The van der Waals surface area contributed by atoms with Crippen molar-refractivity contribution in [2.24, 2.45) is 17.2 Å². The monoisotopic (exact) mass is 434 g/mol. The molecule has 1 aliphatic rings. The van der Waals surface area contributed by atoms with Gasteiger partial charge in [-0.2, -0.15) is 11.8 Å². The van der Waals surface area contributed by atoms with Crippen molar-refractivity contribution in [2.45, 2.75) is 36.6 Å². The summed E-state index contributed by atoms with van der Waals surface area (Å²) in [6, 6.07) is -2.12. The number of hydrogen-bond acceptors (Lipinski definition) is 12. The number of amides is 1. The first-order valence-electron chi connectivity index (χ1n) is 8.32. The zero-order valence-corrected chi connectivity index (χ0v) is 15.8. The van der Waals surface area contributed by atoms with Gasteiger partial charge in [0, 0.05) is 11.5 Å². The molecule has 29 heavy (non-hydrogen) atoms. The molecule has 1 fully saturated rings. The Kier molecular flexibility index (Phi) is 7.88. The van der Waals surface area contributed by atoms with Crippen LogP contribution in [0.2, 0.25) is 0 Å². The van der Waals surface area contributed by atoms with Gasteiger partial charge in [-0.15, -0.1) is 5.10 Å². The lowest BCUT2D eigenvalue weighted by Crippen LogP contribution is -2.39. The van der Waals surface area contributed by atoms with Crippen LogP contribution in [0.15, 0.2) is 6.33 Å². The maximum Gasteiger partial charge on any atom is 0.323 e. The third-order valence-corrected chi connectivity index (χ3v) is 5.12. The number of ether oxygens (including phenoxy) is 2. The van der Waals surface area contributed by atoms with E-state index in [1.807, 2.05) is 0 Å². The molecule has 162 valence electrons. The van der Waals surface area contributed by atoms with Crippen molar-refractivity contribution in [1.29, 1.82) is 0 Å². The minimum absolute atomic E-state index is 0.0693. The fourth-order valence-corrected chi connectivity index (χ4v) is 3.25. The summed E-state index contributed by atoms with van der Waals surface area (Å²) in [5.41, 5.74) is 16.1. The molecule has 0 bridgehead atoms. The lowest BCUT2D eigenvalue weighted by Gasteiger charge is -2.17. The SMILES string of the molecule is NC(=O)c1ncn([C@@H]2O[C@H](COC(=O)[C@@H](N)CSC[C@@H](N)C(=O)O)[C@@H](O)[C@H]2O)n1. The van der Waals surface area contributed by atoms with Crippen LogP contribution in [0, 0.1) is 0 Å². The number of primary amides is 1. The van der Waals surface area contributed by atoms with Gasteiger partial charge in [-0.25, -0.2) is 9.67 Å². The number of rotatable bonds is 10. The standard InChI is InChI=1S/C14H22N6O8S/c15-5(13(24)25)2-29-3-6(16)14(26)27-1-7-8(21)9(22)12(28-7)20-4-18-11(19-20)10(17)23/h4-9,12,21-22H,1-3,15-16H2,(H2,17,23)(H,24,25)/t5-,6+,7-,8-,9-,12-/m1/s1. The molecule has 0 spiro atoms. The zero-order valence-electron chi connectivity index (χ0n) is 15.0. The number of nitrogens with two attached hydrogens (primary N) is 3. The lowest BCUT2D eigenvalue weighted by molar-refractivity contribution is -0.151. The first kappa shape index (κ1) is 23.0. The summed E-state index contributed by atoms with van der Waals surface area (Å²) in [6.45, 7) is -0.405. The fraction of sp³-hybridized carbons (Fsp3) is 0.643. The highest BCUT2D eigenvalue weighted by molar-refractivity contribution is 7.99. The van der Waals surface area contributed by atoms with Crippen molar-refractivity contribution in [3.63, 3.8) is 0 Å². The van der Waals surface area contributed by atoms with E-state index in [0.29, 0.717) is 0 Å². The van der Waals surface area contributed by atoms with Crippen LogP contribution in [-0.4, -0.2) is 96.4 Å². The maximum absolute atomic E-state index is 11.9. The van der Waals surface area contributed by atoms with Crippen molar-refractivity contribution in [1.82, 2.24) is 14.8 Å². The number of carboxylic acid groups (broad SMARTS) is 1. The van der Waals surface area contributed by atoms with E-state index in [1.54, 1.807) is 0 Å². The Bertz CT molecular complexity index is 747. The van der Waals surface area contributed by atoms with Gasteiger partial charge in [0.1, 0.15) is 43.3 Å². The molecule has 0 aromatic carbocycles. The predicted octanol–water partition coefficient (Wildman–Crippen LogP) is -3.99. The number of carbonyl (C=O) groups excluding carboxylic acids is 2. The summed E-state index contributed by atoms with van der Waals surface area (Å²) in [5, 5.41) is 32.6. The Labute approximate surface area is 168 Å². The number of hydrogen-bond donors (Lipinski definition) is 6. The summed E-state index contributed by atoms with van der Waals surface area (Å²) in [4.78, 5) is 37.3. The van der Waals surface area contributed by atoms with Gasteiger partial charge in [0.15, 0.2) is 6.23 Å². The number of thioether (sulfide) groups is 1. The highest BCUT2D eigenvalue weighted by Gasteiger charge is 2.45. The molecule has 9 N–H and O–H groups in total. The second-order valence-electron chi connectivity index (χ2n) is 6.18. The molecule has 0 aliphatic carbocycles. The van der Waals surface area contributed by atoms with Crippen LogP contribution in [0.1, 0.15) is 16.8 Å². The van der Waals surface area contributed by atoms with Crippen LogP contribution in [-0.2, 0) is 19.1 Å². The fourth-order valence-electron chi connectivity index (χ4n) is 2.33. The van der Waals surface area contributed by atoms with Gasteiger partial charge in [0.2, 0.25) is 5.82 Å². The van der Waals surface area contributed by atoms with Gasteiger partial charge in [-0.05, 0) is 0 Å². The Morgan fingerprint density at radius 2 is 1.90 bits per heavy atom. The number of aliphatic carboxylic acids is 1. The molecule has 1 aliphatic heterocycles. The van der Waals surface area contributed by atoms with Gasteiger partial charge in [-0.1, -0.05) is 0 Å². The van der Waals surface area contributed by atoms with Crippen molar-refractivity contribution in [2.75, 3.05) is 18.1 Å². The maximum atomic E-state index is 11.9. The van der Waals surface area contributed by atoms with Gasteiger partial charge in [-0.3, -0.25) is 14.4 Å². The normalized spacial score (nSPS) is 26.1. The van der Waals surface area contributed by atoms with E-state index < -0.39 is 61.1 Å². The number of carbonyl (C=O) groups is 3. The molecule has 1 saturated heterocycles. The molecular formula is C14H22N6O8S. The van der Waals surface area contributed by atoms with Crippen LogP contribution >= 0.6 is 11.8 Å². The number of aliphatic hydroxyl groups is 2. The van der Waals surface area contributed by atoms with Crippen LogP contribution in [0.25, 0.3) is 0 Å². The Balaban J connectivity index is 1.82. The molecule has 14 nitrogen and oxygen atoms in total. The molecule has 1 aromatic rings. The van der Waals surface area contributed by atoms with Gasteiger partial charge in [0.25, 0.3) is 5.91 Å². The third kappa shape index (κ3) is 5.84. The van der Waals surface area contributed by atoms with Crippen LogP contribution in [0.4, 0.5) is 0 Å². The summed E-state index contributed by atoms with van der Waals surface area (Å²) in [7, 11) is 0. The molecule has 2 heterocycles. The third-order valence-electron chi connectivity index (χ3n) is 3.93. The van der Waals surface area contributed by atoms with E-state index in [4.69, 9.17) is 31.8 Å². The van der Waals surface area contributed by atoms with Crippen LogP contribution in [0.3, 0.4) is 0 Å². The van der Waals surface area contributed by atoms with Crippen LogP contribution < -0.4 is 17.2 Å². The molecular weight excluding hydrogens is 412 g/mol. The second kappa shape index (κ2) is 9.95. The smallest absolute Gasteiger partial charge is 0.323 e. The summed E-state index contributed by atoms with van der Waals surface area (Å²) in [6.07, 6.45) is -3.99. The topological polar surface area (TPSA) is 239 Å². The highest BCUT2D eigenvalue weighted by atomic mass is 32.2. The molecule has 1 amide bonds. The van der Waals surface area contributed by atoms with Gasteiger partial charge in [0.05, 0.1) is 0 Å². The molecule has 1 aromatic heterocycles. The van der Waals surface area contributed by atoms with Gasteiger partial charge < -0.3 is 42.0 Å². The summed E-state index contributed by atoms with van der Waals surface area (Å²) in [5.74, 6) is -2.99. The Morgan fingerprint density at radius 3 is 2.48 bits per heavy atom. The number of carboxylic acids is 1. The second-order valence-corrected chi connectivity index (χ2v) is 7.25. The van der Waals surface area contributed by atoms with E-state index >= 15 is 0 Å². The van der Waals surface area contributed by atoms with E-state index in [1.165, 1.54) is 0 Å². The van der Waals surface area contributed by atoms with Crippen molar-refractivity contribution < 1.29 is 39.2 Å². The van der Waals surface area contributed by atoms with E-state index in [2.05, 4.69) is 10.1 Å². The number of aromatic nitrogens is 3. The predicted molar refractivity (Wildman–Crippen MR) is 96.3 cm³/mol. The molecule has 0 saturated carbocycles. The van der Waals surface area contributed by atoms with E-state index in [0.717, 1.165) is 22.8 Å². The van der Waals surface area contributed by atoms with Crippen molar-refractivity contribution in [3.05, 3.63) is 12.2 Å².